The Morgan fingerprint density at radius 3 is 2.44 bits per heavy atom. The Hall–Kier alpha value is -0.700. The third-order valence-electron chi connectivity index (χ3n) is 2.62. The molecule has 86 valence electrons. The minimum Gasteiger partial charge on any atom is -0.458 e. The van der Waals surface area contributed by atoms with E-state index in [2.05, 4.69) is 13.8 Å². The highest BCUT2D eigenvalue weighted by Crippen LogP contribution is 2.39. The number of furan rings is 1. The quantitative estimate of drug-likeness (QED) is 0.871. The van der Waals surface area contributed by atoms with Crippen LogP contribution in [0, 0.1) is 0 Å². The number of hydrogen-bond acceptors (Lipinski definition) is 2. The zero-order valence-electron chi connectivity index (χ0n) is 9.18. The highest BCUT2D eigenvalue weighted by atomic mass is 35.5. The average Bonchev–Trinajstić information content (AvgIpc) is 2.64. The van der Waals surface area contributed by atoms with Crippen molar-refractivity contribution in [2.75, 3.05) is 0 Å². The van der Waals surface area contributed by atoms with Crippen LogP contribution in [0.3, 0.4) is 0 Å². The molecule has 0 bridgehead atoms. The molecule has 2 nitrogen and oxygen atoms in total. The van der Waals surface area contributed by atoms with Gasteiger partial charge in [0.1, 0.15) is 5.76 Å². The molecule has 1 aromatic heterocycles. The summed E-state index contributed by atoms with van der Waals surface area (Å²) < 4.78 is 5.68. The van der Waals surface area contributed by atoms with Crippen LogP contribution >= 0.6 is 23.2 Å². The molecule has 4 heteroatoms. The molecule has 0 saturated carbocycles. The summed E-state index contributed by atoms with van der Waals surface area (Å²) in [6, 6.07) is 3.52. The first-order chi connectivity index (χ1) is 7.56. The van der Waals surface area contributed by atoms with Gasteiger partial charge in [0, 0.05) is 10.9 Å². The maximum absolute atomic E-state index is 6.19. The Bertz CT molecular complexity index is 531. The van der Waals surface area contributed by atoms with Crippen LogP contribution in [0.4, 0.5) is 0 Å². The van der Waals surface area contributed by atoms with E-state index in [4.69, 9.17) is 33.4 Å². The van der Waals surface area contributed by atoms with Crippen molar-refractivity contribution in [1.82, 2.24) is 0 Å². The van der Waals surface area contributed by atoms with Crippen LogP contribution in [0.1, 0.15) is 31.1 Å². The van der Waals surface area contributed by atoms with E-state index in [0.29, 0.717) is 28.1 Å². The van der Waals surface area contributed by atoms with E-state index in [1.807, 2.05) is 0 Å². The standard InChI is InChI=1S/C12H13Cl2NO/c1-6(2)10-9(5-15)16-12-8(14)4-3-7(13)11(10)12/h3-4,6H,5,15H2,1-2H3. The second kappa shape index (κ2) is 4.28. The summed E-state index contributed by atoms with van der Waals surface area (Å²) in [5.74, 6) is 1.07. The number of halogens is 2. The van der Waals surface area contributed by atoms with Gasteiger partial charge in [-0.1, -0.05) is 37.0 Å². The maximum atomic E-state index is 6.19. The third kappa shape index (κ3) is 1.71. The Kier molecular flexibility index (Phi) is 3.15. The van der Waals surface area contributed by atoms with Gasteiger partial charge in [0.2, 0.25) is 0 Å². The van der Waals surface area contributed by atoms with Crippen molar-refractivity contribution < 1.29 is 4.42 Å². The molecular weight excluding hydrogens is 245 g/mol. The molecule has 0 saturated heterocycles. The van der Waals surface area contributed by atoms with Crippen LogP contribution in [0.25, 0.3) is 11.0 Å². The molecule has 2 N–H and O–H groups in total. The molecular formula is C12H13Cl2NO. The molecule has 0 aliphatic carbocycles. The van der Waals surface area contributed by atoms with Crippen LogP contribution in [-0.4, -0.2) is 0 Å². The monoisotopic (exact) mass is 257 g/mol. The highest BCUT2D eigenvalue weighted by molar-refractivity contribution is 6.40. The molecule has 0 atom stereocenters. The van der Waals surface area contributed by atoms with Gasteiger partial charge in [-0.15, -0.1) is 0 Å². The lowest BCUT2D eigenvalue weighted by molar-refractivity contribution is 0.541. The Morgan fingerprint density at radius 2 is 1.88 bits per heavy atom. The fraction of sp³-hybridized carbons (Fsp3) is 0.333. The van der Waals surface area contributed by atoms with Gasteiger partial charge < -0.3 is 10.2 Å². The van der Waals surface area contributed by atoms with Gasteiger partial charge in [-0.25, -0.2) is 0 Å². The largest absolute Gasteiger partial charge is 0.458 e. The fourth-order valence-corrected chi connectivity index (χ4v) is 2.41. The Morgan fingerprint density at radius 1 is 1.25 bits per heavy atom. The van der Waals surface area contributed by atoms with Crippen LogP contribution in [0.5, 0.6) is 0 Å². The van der Waals surface area contributed by atoms with Crippen LogP contribution in [0.15, 0.2) is 16.5 Å². The van der Waals surface area contributed by atoms with Gasteiger partial charge in [0.05, 0.1) is 16.6 Å². The number of fused-ring (bicyclic) bond motifs is 1. The Labute approximate surface area is 104 Å². The van der Waals surface area contributed by atoms with Gasteiger partial charge in [-0.05, 0) is 18.1 Å². The molecule has 16 heavy (non-hydrogen) atoms. The minimum atomic E-state index is 0.302. The average molecular weight is 258 g/mol. The summed E-state index contributed by atoms with van der Waals surface area (Å²) in [6.45, 7) is 4.52. The van der Waals surface area contributed by atoms with Crippen molar-refractivity contribution in [1.29, 1.82) is 0 Å². The van der Waals surface area contributed by atoms with Crippen molar-refractivity contribution >= 4 is 34.2 Å². The second-order valence-corrected chi connectivity index (χ2v) is 4.85. The molecule has 0 unspecified atom stereocenters. The van der Waals surface area contributed by atoms with E-state index in [1.54, 1.807) is 12.1 Å². The van der Waals surface area contributed by atoms with E-state index < -0.39 is 0 Å². The van der Waals surface area contributed by atoms with Gasteiger partial charge in [0.15, 0.2) is 5.58 Å². The summed E-state index contributed by atoms with van der Waals surface area (Å²) in [4.78, 5) is 0. The topological polar surface area (TPSA) is 39.2 Å². The van der Waals surface area contributed by atoms with Gasteiger partial charge in [-0.3, -0.25) is 0 Å². The van der Waals surface area contributed by atoms with E-state index in [-0.39, 0.29) is 0 Å². The van der Waals surface area contributed by atoms with E-state index in [1.165, 1.54) is 0 Å². The summed E-state index contributed by atoms with van der Waals surface area (Å²) in [6.07, 6.45) is 0. The first-order valence-corrected chi connectivity index (χ1v) is 5.91. The number of hydrogen-bond donors (Lipinski definition) is 1. The summed E-state index contributed by atoms with van der Waals surface area (Å²) >= 11 is 12.3. The normalized spacial score (nSPS) is 11.6. The van der Waals surface area contributed by atoms with Crippen molar-refractivity contribution in [2.45, 2.75) is 26.3 Å². The molecule has 0 spiro atoms. The molecule has 0 aliphatic heterocycles. The van der Waals surface area contributed by atoms with Gasteiger partial charge in [0.25, 0.3) is 0 Å². The molecule has 0 aliphatic rings. The molecule has 0 amide bonds. The number of nitrogens with two attached hydrogens (primary N) is 1. The third-order valence-corrected chi connectivity index (χ3v) is 3.23. The molecule has 0 radical (unpaired) electrons. The van der Waals surface area contributed by atoms with Crippen molar-refractivity contribution in [2.24, 2.45) is 5.73 Å². The maximum Gasteiger partial charge on any atom is 0.154 e. The van der Waals surface area contributed by atoms with Crippen LogP contribution in [0.2, 0.25) is 10.0 Å². The lowest BCUT2D eigenvalue weighted by atomic mass is 9.99. The van der Waals surface area contributed by atoms with Crippen LogP contribution in [-0.2, 0) is 6.54 Å². The number of rotatable bonds is 2. The van der Waals surface area contributed by atoms with Crippen LogP contribution < -0.4 is 5.73 Å². The molecule has 1 heterocycles. The first kappa shape index (κ1) is 11.8. The van der Waals surface area contributed by atoms with Gasteiger partial charge >= 0.3 is 0 Å². The molecule has 2 rings (SSSR count). The summed E-state index contributed by atoms with van der Waals surface area (Å²) in [7, 11) is 0. The van der Waals surface area contributed by atoms with Crippen molar-refractivity contribution in [3.63, 3.8) is 0 Å². The molecule has 1 aromatic carbocycles. The summed E-state index contributed by atoms with van der Waals surface area (Å²) in [5, 5.41) is 2.12. The van der Waals surface area contributed by atoms with Crippen molar-refractivity contribution in [3.05, 3.63) is 33.5 Å². The smallest absolute Gasteiger partial charge is 0.154 e. The van der Waals surface area contributed by atoms with E-state index in [9.17, 15) is 0 Å². The second-order valence-electron chi connectivity index (χ2n) is 4.03. The Balaban J connectivity index is 2.89. The predicted molar refractivity (Wildman–Crippen MR) is 68.2 cm³/mol. The zero-order chi connectivity index (χ0) is 11.9. The van der Waals surface area contributed by atoms with Gasteiger partial charge in [-0.2, -0.15) is 0 Å². The minimum absolute atomic E-state index is 0.302. The first-order valence-electron chi connectivity index (χ1n) is 5.15. The van der Waals surface area contributed by atoms with Crippen molar-refractivity contribution in [3.8, 4) is 0 Å². The SMILES string of the molecule is CC(C)c1c(CN)oc2c(Cl)ccc(Cl)c12. The highest BCUT2D eigenvalue weighted by Gasteiger charge is 2.19. The zero-order valence-corrected chi connectivity index (χ0v) is 10.7. The number of benzene rings is 1. The fourth-order valence-electron chi connectivity index (χ4n) is 1.96. The summed E-state index contributed by atoms with van der Waals surface area (Å²) in [5.41, 5.74) is 7.37. The molecule has 0 fully saturated rings. The van der Waals surface area contributed by atoms with E-state index >= 15 is 0 Å². The lowest BCUT2D eigenvalue weighted by Crippen LogP contribution is -1.99. The predicted octanol–water partition coefficient (Wildman–Crippen LogP) is 4.32. The lowest BCUT2D eigenvalue weighted by Gasteiger charge is -2.05. The van der Waals surface area contributed by atoms with E-state index in [0.717, 1.165) is 16.7 Å². The molecule has 2 aromatic rings.